The Morgan fingerprint density at radius 2 is 2.05 bits per heavy atom. The summed E-state index contributed by atoms with van der Waals surface area (Å²) in [5.74, 6) is -0.517. The third-order valence-electron chi connectivity index (χ3n) is 3.26. The highest BCUT2D eigenvalue weighted by molar-refractivity contribution is 5.93. The average Bonchev–Trinajstić information content (AvgIpc) is 2.80. The molecule has 5 heteroatoms. The minimum Gasteiger partial charge on any atom is -0.476 e. The molecule has 1 aromatic heterocycles. The summed E-state index contributed by atoms with van der Waals surface area (Å²) >= 11 is 0. The molecule has 20 heavy (non-hydrogen) atoms. The van der Waals surface area contributed by atoms with Crippen LogP contribution in [0.4, 0.5) is 0 Å². The molecule has 1 N–H and O–H groups in total. The van der Waals surface area contributed by atoms with E-state index < -0.39 is 5.97 Å². The number of aryl methyl sites for hydroxylation is 2. The van der Waals surface area contributed by atoms with E-state index >= 15 is 0 Å². The Labute approximate surface area is 118 Å². The van der Waals surface area contributed by atoms with Crippen LogP contribution in [0.5, 0.6) is 0 Å². The lowest BCUT2D eigenvalue weighted by Gasteiger charge is -2.10. The highest BCUT2D eigenvalue weighted by Crippen LogP contribution is 2.26. The van der Waals surface area contributed by atoms with Crippen molar-refractivity contribution in [2.75, 3.05) is 0 Å². The maximum atomic E-state index is 11.3. The number of benzene rings is 1. The number of carboxylic acids is 1. The van der Waals surface area contributed by atoms with Gasteiger partial charge in [-0.2, -0.15) is 0 Å². The number of carbonyl (C=O) groups is 1. The Kier molecular flexibility index (Phi) is 4.17. The van der Waals surface area contributed by atoms with Gasteiger partial charge in [-0.05, 0) is 24.8 Å². The van der Waals surface area contributed by atoms with Gasteiger partial charge in [0.05, 0.1) is 0 Å². The maximum absolute atomic E-state index is 11.3. The zero-order chi connectivity index (χ0) is 14.7. The van der Waals surface area contributed by atoms with Crippen molar-refractivity contribution in [2.45, 2.75) is 33.7 Å². The maximum Gasteiger partial charge on any atom is 0.358 e. The van der Waals surface area contributed by atoms with Gasteiger partial charge in [0, 0.05) is 12.1 Å². The molecule has 5 nitrogen and oxygen atoms in total. The second-order valence-corrected chi connectivity index (χ2v) is 5.31. The number of rotatable bonds is 5. The van der Waals surface area contributed by atoms with Gasteiger partial charge >= 0.3 is 5.97 Å². The monoisotopic (exact) mass is 273 g/mol. The number of aromatic carboxylic acids is 1. The van der Waals surface area contributed by atoms with Gasteiger partial charge < -0.3 is 5.11 Å². The van der Waals surface area contributed by atoms with Crippen LogP contribution in [0.2, 0.25) is 0 Å². The number of nitrogens with zero attached hydrogens (tertiary/aromatic N) is 3. The predicted molar refractivity (Wildman–Crippen MR) is 76.6 cm³/mol. The number of carboxylic acid groups (broad SMARTS) is 1. The average molecular weight is 273 g/mol. The number of hydrogen-bond donors (Lipinski definition) is 1. The molecule has 1 aromatic carbocycles. The van der Waals surface area contributed by atoms with E-state index in [2.05, 4.69) is 24.2 Å². The van der Waals surface area contributed by atoms with E-state index in [1.165, 1.54) is 0 Å². The van der Waals surface area contributed by atoms with Crippen LogP contribution in [-0.4, -0.2) is 26.1 Å². The van der Waals surface area contributed by atoms with Crippen LogP contribution in [-0.2, 0) is 6.54 Å². The van der Waals surface area contributed by atoms with Crippen LogP contribution in [0.15, 0.2) is 24.3 Å². The molecule has 0 spiro atoms. The van der Waals surface area contributed by atoms with Gasteiger partial charge in [0.25, 0.3) is 0 Å². The second kappa shape index (κ2) is 5.86. The first-order valence-electron chi connectivity index (χ1n) is 6.73. The Hall–Kier alpha value is -2.17. The summed E-state index contributed by atoms with van der Waals surface area (Å²) in [5.41, 5.74) is 2.50. The minimum atomic E-state index is -1.04. The molecule has 0 fully saturated rings. The van der Waals surface area contributed by atoms with Crippen molar-refractivity contribution in [1.82, 2.24) is 15.0 Å². The Morgan fingerprint density at radius 1 is 1.35 bits per heavy atom. The zero-order valence-corrected chi connectivity index (χ0v) is 12.0. The second-order valence-electron chi connectivity index (χ2n) is 5.31. The third kappa shape index (κ3) is 2.87. The fraction of sp³-hybridized carbons (Fsp3) is 0.400. The summed E-state index contributed by atoms with van der Waals surface area (Å²) in [7, 11) is 0. The van der Waals surface area contributed by atoms with Gasteiger partial charge in [-0.1, -0.05) is 43.3 Å². The number of hydrogen-bond acceptors (Lipinski definition) is 3. The first kappa shape index (κ1) is 14.2. The Morgan fingerprint density at radius 3 is 2.65 bits per heavy atom. The largest absolute Gasteiger partial charge is 0.476 e. The summed E-state index contributed by atoms with van der Waals surface area (Å²) in [6.07, 6.45) is 0.932. The number of aromatic nitrogens is 3. The van der Waals surface area contributed by atoms with E-state index in [-0.39, 0.29) is 5.69 Å². The van der Waals surface area contributed by atoms with Crippen LogP contribution in [0.1, 0.15) is 36.3 Å². The van der Waals surface area contributed by atoms with Gasteiger partial charge in [0.2, 0.25) is 0 Å². The molecule has 0 saturated heterocycles. The molecular weight excluding hydrogens is 254 g/mol. The van der Waals surface area contributed by atoms with Crippen molar-refractivity contribution in [3.8, 4) is 11.3 Å². The van der Waals surface area contributed by atoms with Gasteiger partial charge in [-0.3, -0.25) is 0 Å². The fourth-order valence-electron chi connectivity index (χ4n) is 2.10. The van der Waals surface area contributed by atoms with Crippen molar-refractivity contribution in [1.29, 1.82) is 0 Å². The molecule has 1 heterocycles. The summed E-state index contributed by atoms with van der Waals surface area (Å²) < 4.78 is 1.70. The zero-order valence-electron chi connectivity index (χ0n) is 12.0. The highest BCUT2D eigenvalue weighted by atomic mass is 16.4. The molecular formula is C15H19N3O2. The van der Waals surface area contributed by atoms with Crippen molar-refractivity contribution in [3.05, 3.63) is 35.5 Å². The van der Waals surface area contributed by atoms with Gasteiger partial charge in [0.1, 0.15) is 5.69 Å². The molecule has 0 atom stereocenters. The SMILES string of the molecule is Cc1ccccc1-c1c(C(=O)O)nnn1CCC(C)C. The van der Waals surface area contributed by atoms with Crippen molar-refractivity contribution >= 4 is 5.97 Å². The molecule has 0 aliphatic heterocycles. The Bertz CT molecular complexity index is 617. The molecule has 0 radical (unpaired) electrons. The summed E-state index contributed by atoms with van der Waals surface area (Å²) in [5, 5.41) is 17.1. The Balaban J connectivity index is 2.50. The summed E-state index contributed by atoms with van der Waals surface area (Å²) in [6.45, 7) is 6.88. The lowest BCUT2D eigenvalue weighted by molar-refractivity contribution is 0.0691. The van der Waals surface area contributed by atoms with Crippen LogP contribution >= 0.6 is 0 Å². The van der Waals surface area contributed by atoms with E-state index in [9.17, 15) is 9.90 Å². The van der Waals surface area contributed by atoms with Crippen LogP contribution < -0.4 is 0 Å². The summed E-state index contributed by atoms with van der Waals surface area (Å²) in [4.78, 5) is 11.3. The first-order chi connectivity index (χ1) is 9.50. The van der Waals surface area contributed by atoms with Crippen LogP contribution in [0, 0.1) is 12.8 Å². The molecule has 0 unspecified atom stereocenters. The van der Waals surface area contributed by atoms with Gasteiger partial charge in [-0.25, -0.2) is 9.48 Å². The van der Waals surface area contributed by atoms with Crippen molar-refractivity contribution in [2.24, 2.45) is 5.92 Å². The topological polar surface area (TPSA) is 68.0 Å². The molecule has 0 amide bonds. The molecule has 0 aliphatic rings. The third-order valence-corrected chi connectivity index (χ3v) is 3.26. The highest BCUT2D eigenvalue weighted by Gasteiger charge is 2.21. The first-order valence-corrected chi connectivity index (χ1v) is 6.73. The van der Waals surface area contributed by atoms with E-state index in [1.807, 2.05) is 31.2 Å². The standard InChI is InChI=1S/C15H19N3O2/c1-10(2)8-9-18-14(13(15(19)20)16-17-18)12-7-5-4-6-11(12)3/h4-7,10H,8-9H2,1-3H3,(H,19,20). The molecule has 0 saturated carbocycles. The molecule has 0 bridgehead atoms. The normalized spacial score (nSPS) is 11.0. The smallest absolute Gasteiger partial charge is 0.358 e. The molecule has 0 aliphatic carbocycles. The molecule has 106 valence electrons. The van der Waals surface area contributed by atoms with Crippen LogP contribution in [0.25, 0.3) is 11.3 Å². The van der Waals surface area contributed by atoms with Gasteiger partial charge in [-0.15, -0.1) is 5.10 Å². The van der Waals surface area contributed by atoms with Crippen molar-refractivity contribution in [3.63, 3.8) is 0 Å². The van der Waals surface area contributed by atoms with Crippen LogP contribution in [0.3, 0.4) is 0 Å². The fourth-order valence-corrected chi connectivity index (χ4v) is 2.10. The van der Waals surface area contributed by atoms with E-state index in [0.717, 1.165) is 17.5 Å². The summed E-state index contributed by atoms with van der Waals surface area (Å²) in [6, 6.07) is 7.70. The predicted octanol–water partition coefficient (Wildman–Crippen LogP) is 3.00. The lowest BCUT2D eigenvalue weighted by atomic mass is 10.0. The minimum absolute atomic E-state index is 0.0167. The van der Waals surface area contributed by atoms with E-state index in [1.54, 1.807) is 4.68 Å². The lowest BCUT2D eigenvalue weighted by Crippen LogP contribution is -2.07. The van der Waals surface area contributed by atoms with Gasteiger partial charge in [0.15, 0.2) is 5.69 Å². The van der Waals surface area contributed by atoms with Crippen molar-refractivity contribution < 1.29 is 9.90 Å². The molecule has 2 aromatic rings. The van der Waals surface area contributed by atoms with E-state index in [0.29, 0.717) is 18.2 Å². The van der Waals surface area contributed by atoms with E-state index in [4.69, 9.17) is 0 Å². The quantitative estimate of drug-likeness (QED) is 0.909. The molecule has 2 rings (SSSR count).